The highest BCUT2D eigenvalue weighted by Crippen LogP contribution is 2.31. The van der Waals surface area contributed by atoms with Crippen molar-refractivity contribution in [1.82, 2.24) is 10.3 Å². The number of hydrogen-bond donors (Lipinski definition) is 1. The molecule has 1 atom stereocenters. The van der Waals surface area contributed by atoms with Gasteiger partial charge in [-0.2, -0.15) is 0 Å². The molecule has 1 saturated carbocycles. The van der Waals surface area contributed by atoms with Crippen LogP contribution in [0.2, 0.25) is 0 Å². The van der Waals surface area contributed by atoms with E-state index in [4.69, 9.17) is 0 Å². The molecule has 1 aromatic rings. The highest BCUT2D eigenvalue weighted by Gasteiger charge is 2.18. The van der Waals surface area contributed by atoms with Gasteiger partial charge in [0.2, 0.25) is 0 Å². The van der Waals surface area contributed by atoms with Crippen LogP contribution in [-0.4, -0.2) is 11.5 Å². The van der Waals surface area contributed by atoms with Crippen LogP contribution in [0.15, 0.2) is 18.5 Å². The van der Waals surface area contributed by atoms with Crippen LogP contribution in [0.25, 0.3) is 0 Å². The van der Waals surface area contributed by atoms with Gasteiger partial charge >= 0.3 is 0 Å². The Labute approximate surface area is 111 Å². The molecular formula is C16H26N2. The van der Waals surface area contributed by atoms with E-state index in [1.807, 2.05) is 12.4 Å². The first-order valence-corrected chi connectivity index (χ1v) is 7.45. The normalized spacial score (nSPS) is 18.1. The Morgan fingerprint density at radius 1 is 1.39 bits per heavy atom. The summed E-state index contributed by atoms with van der Waals surface area (Å²) in [5.41, 5.74) is 2.75. The van der Waals surface area contributed by atoms with Gasteiger partial charge in [-0.3, -0.25) is 4.98 Å². The van der Waals surface area contributed by atoms with Crippen molar-refractivity contribution in [3.63, 3.8) is 0 Å². The lowest BCUT2D eigenvalue weighted by Gasteiger charge is -2.21. The minimum absolute atomic E-state index is 0.490. The van der Waals surface area contributed by atoms with E-state index in [0.29, 0.717) is 6.04 Å². The topological polar surface area (TPSA) is 24.9 Å². The monoisotopic (exact) mass is 246 g/mol. The van der Waals surface area contributed by atoms with E-state index in [2.05, 4.69) is 30.2 Å². The molecule has 18 heavy (non-hydrogen) atoms. The second-order valence-electron chi connectivity index (χ2n) is 5.57. The molecule has 1 aliphatic carbocycles. The molecule has 0 aromatic carbocycles. The van der Waals surface area contributed by atoms with E-state index in [1.54, 1.807) is 0 Å². The fourth-order valence-electron chi connectivity index (χ4n) is 3.16. The average molecular weight is 246 g/mol. The van der Waals surface area contributed by atoms with Crippen molar-refractivity contribution in [3.8, 4) is 0 Å². The van der Waals surface area contributed by atoms with Crippen LogP contribution in [0.4, 0.5) is 0 Å². The molecule has 0 saturated heterocycles. The van der Waals surface area contributed by atoms with Gasteiger partial charge in [-0.05, 0) is 49.4 Å². The first kappa shape index (κ1) is 13.5. The van der Waals surface area contributed by atoms with E-state index in [0.717, 1.165) is 12.5 Å². The van der Waals surface area contributed by atoms with Gasteiger partial charge in [0.05, 0.1) is 0 Å². The van der Waals surface area contributed by atoms with Crippen LogP contribution < -0.4 is 5.32 Å². The van der Waals surface area contributed by atoms with E-state index in [9.17, 15) is 0 Å². The number of rotatable bonds is 6. The summed E-state index contributed by atoms with van der Waals surface area (Å²) in [5, 5.41) is 3.62. The Hall–Kier alpha value is -0.890. The molecule has 0 radical (unpaired) electrons. The summed E-state index contributed by atoms with van der Waals surface area (Å²) < 4.78 is 0. The molecular weight excluding hydrogens is 220 g/mol. The third kappa shape index (κ3) is 3.55. The van der Waals surface area contributed by atoms with Gasteiger partial charge in [0.15, 0.2) is 0 Å². The zero-order chi connectivity index (χ0) is 12.8. The summed E-state index contributed by atoms with van der Waals surface area (Å²) in [5.74, 6) is 0.975. The zero-order valence-corrected chi connectivity index (χ0v) is 11.8. The molecule has 0 aliphatic heterocycles. The van der Waals surface area contributed by atoms with E-state index >= 15 is 0 Å². The lowest BCUT2D eigenvalue weighted by Crippen LogP contribution is -2.22. The van der Waals surface area contributed by atoms with E-state index in [1.165, 1.54) is 49.7 Å². The number of aryl methyl sites for hydroxylation is 1. The summed E-state index contributed by atoms with van der Waals surface area (Å²) in [6, 6.07) is 2.61. The van der Waals surface area contributed by atoms with Gasteiger partial charge in [-0.25, -0.2) is 0 Å². The number of aromatic nitrogens is 1. The van der Waals surface area contributed by atoms with Crippen LogP contribution >= 0.6 is 0 Å². The second-order valence-corrected chi connectivity index (χ2v) is 5.57. The highest BCUT2D eigenvalue weighted by molar-refractivity contribution is 5.25. The molecule has 0 bridgehead atoms. The lowest BCUT2D eigenvalue weighted by atomic mass is 9.94. The van der Waals surface area contributed by atoms with Crippen molar-refractivity contribution in [1.29, 1.82) is 0 Å². The molecule has 2 heteroatoms. The van der Waals surface area contributed by atoms with Gasteiger partial charge in [0.1, 0.15) is 0 Å². The van der Waals surface area contributed by atoms with Crippen molar-refractivity contribution in [2.75, 3.05) is 6.54 Å². The molecule has 2 nitrogen and oxygen atoms in total. The minimum Gasteiger partial charge on any atom is -0.310 e. The van der Waals surface area contributed by atoms with Gasteiger partial charge in [0.25, 0.3) is 0 Å². The third-order valence-electron chi connectivity index (χ3n) is 4.24. The molecule has 100 valence electrons. The van der Waals surface area contributed by atoms with Crippen LogP contribution in [0.5, 0.6) is 0 Å². The molecule has 1 N–H and O–H groups in total. The fourth-order valence-corrected chi connectivity index (χ4v) is 3.16. The smallest absolute Gasteiger partial charge is 0.0338 e. The Morgan fingerprint density at radius 3 is 2.83 bits per heavy atom. The maximum absolute atomic E-state index is 4.29. The van der Waals surface area contributed by atoms with Crippen molar-refractivity contribution in [2.24, 2.45) is 5.92 Å². The predicted octanol–water partition coefficient (Wildman–Crippen LogP) is 4.01. The number of nitrogens with one attached hydrogen (secondary N) is 1. The van der Waals surface area contributed by atoms with Crippen LogP contribution in [-0.2, 0) is 0 Å². The van der Waals surface area contributed by atoms with Gasteiger partial charge in [-0.15, -0.1) is 0 Å². The molecule has 1 unspecified atom stereocenters. The van der Waals surface area contributed by atoms with Crippen LogP contribution in [0.1, 0.15) is 62.6 Å². The Balaban J connectivity index is 1.96. The summed E-state index contributed by atoms with van der Waals surface area (Å²) in [4.78, 5) is 4.29. The molecule has 0 spiro atoms. The SMILES string of the molecule is CCNC(CCC1CCCC1)c1cnccc1C. The molecule has 1 aromatic heterocycles. The van der Waals surface area contributed by atoms with Gasteiger partial charge < -0.3 is 5.32 Å². The minimum atomic E-state index is 0.490. The Bertz CT molecular complexity index is 356. The van der Waals surface area contributed by atoms with E-state index in [-0.39, 0.29) is 0 Å². The summed E-state index contributed by atoms with van der Waals surface area (Å²) >= 11 is 0. The van der Waals surface area contributed by atoms with Crippen molar-refractivity contribution in [3.05, 3.63) is 29.6 Å². The van der Waals surface area contributed by atoms with Crippen LogP contribution in [0.3, 0.4) is 0 Å². The van der Waals surface area contributed by atoms with Crippen molar-refractivity contribution < 1.29 is 0 Å². The molecule has 1 fully saturated rings. The summed E-state index contributed by atoms with van der Waals surface area (Å²) in [6.07, 6.45) is 12.3. The Morgan fingerprint density at radius 2 is 2.17 bits per heavy atom. The lowest BCUT2D eigenvalue weighted by molar-refractivity contribution is 0.415. The maximum Gasteiger partial charge on any atom is 0.0338 e. The number of hydrogen-bond acceptors (Lipinski definition) is 2. The number of nitrogens with zero attached hydrogens (tertiary/aromatic N) is 1. The largest absolute Gasteiger partial charge is 0.310 e. The highest BCUT2D eigenvalue weighted by atomic mass is 14.9. The maximum atomic E-state index is 4.29. The molecule has 2 rings (SSSR count). The first-order valence-electron chi connectivity index (χ1n) is 7.45. The van der Waals surface area contributed by atoms with Gasteiger partial charge in [0, 0.05) is 18.4 Å². The fraction of sp³-hybridized carbons (Fsp3) is 0.688. The standard InChI is InChI=1S/C16H26N2/c1-3-18-16(9-8-14-6-4-5-7-14)15-12-17-11-10-13(15)2/h10-12,14,16,18H,3-9H2,1-2H3. The predicted molar refractivity (Wildman–Crippen MR) is 76.6 cm³/mol. The van der Waals surface area contributed by atoms with Gasteiger partial charge in [-0.1, -0.05) is 32.6 Å². The molecule has 1 heterocycles. The summed E-state index contributed by atoms with van der Waals surface area (Å²) in [7, 11) is 0. The molecule has 0 amide bonds. The van der Waals surface area contributed by atoms with Crippen LogP contribution in [0, 0.1) is 12.8 Å². The number of pyridine rings is 1. The zero-order valence-electron chi connectivity index (χ0n) is 11.8. The first-order chi connectivity index (χ1) is 8.81. The quantitative estimate of drug-likeness (QED) is 0.820. The van der Waals surface area contributed by atoms with Crippen molar-refractivity contribution >= 4 is 0 Å². The summed E-state index contributed by atoms with van der Waals surface area (Å²) in [6.45, 7) is 5.41. The third-order valence-corrected chi connectivity index (χ3v) is 4.24. The Kier molecular flexibility index (Phi) is 5.18. The molecule has 1 aliphatic rings. The second kappa shape index (κ2) is 6.89. The average Bonchev–Trinajstić information content (AvgIpc) is 2.88. The van der Waals surface area contributed by atoms with E-state index < -0.39 is 0 Å². The van der Waals surface area contributed by atoms with Crippen molar-refractivity contribution in [2.45, 2.75) is 58.4 Å².